The summed E-state index contributed by atoms with van der Waals surface area (Å²) in [6.07, 6.45) is 7.35. The zero-order valence-electron chi connectivity index (χ0n) is 11.1. The Balaban J connectivity index is 1.88. The van der Waals surface area contributed by atoms with Crippen LogP contribution in [0.5, 0.6) is 0 Å². The summed E-state index contributed by atoms with van der Waals surface area (Å²) >= 11 is 3.45. The van der Waals surface area contributed by atoms with Gasteiger partial charge in [0.15, 0.2) is 0 Å². The maximum absolute atomic E-state index is 6.24. The molecule has 2 heterocycles. The lowest BCUT2D eigenvalue weighted by Crippen LogP contribution is -2.27. The van der Waals surface area contributed by atoms with Gasteiger partial charge in [0.2, 0.25) is 11.7 Å². The van der Waals surface area contributed by atoms with Crippen LogP contribution in [-0.4, -0.2) is 21.2 Å². The van der Waals surface area contributed by atoms with E-state index < -0.39 is 0 Å². The Kier molecular flexibility index (Phi) is 4.12. The number of hydrogen-bond acceptors (Lipinski definition) is 5. The average Bonchev–Trinajstić information content (AvgIpc) is 2.82. The van der Waals surface area contributed by atoms with Crippen molar-refractivity contribution in [1.82, 2.24) is 15.1 Å². The van der Waals surface area contributed by atoms with Crippen LogP contribution in [0.4, 0.5) is 0 Å². The Bertz CT molecular complexity index is 586. The van der Waals surface area contributed by atoms with Gasteiger partial charge in [-0.2, -0.15) is 4.98 Å². The molecule has 0 aliphatic heterocycles. The number of nitrogens with two attached hydrogens (primary N) is 1. The van der Waals surface area contributed by atoms with Gasteiger partial charge in [0.05, 0.1) is 5.92 Å². The second-order valence-electron chi connectivity index (χ2n) is 5.20. The van der Waals surface area contributed by atoms with E-state index >= 15 is 0 Å². The maximum Gasteiger partial charge on any atom is 0.231 e. The molecule has 1 fully saturated rings. The summed E-state index contributed by atoms with van der Waals surface area (Å²) in [5.41, 5.74) is 6.93. The van der Waals surface area contributed by atoms with Gasteiger partial charge in [-0.15, -0.1) is 0 Å². The van der Waals surface area contributed by atoms with Gasteiger partial charge in [-0.3, -0.25) is 4.98 Å². The lowest BCUT2D eigenvalue weighted by molar-refractivity contribution is 0.326. The molecule has 5 nitrogen and oxygen atoms in total. The van der Waals surface area contributed by atoms with Crippen molar-refractivity contribution in [3.05, 3.63) is 28.7 Å². The molecule has 1 aliphatic rings. The fourth-order valence-corrected chi connectivity index (χ4v) is 3.11. The number of halogens is 1. The molecule has 20 heavy (non-hydrogen) atoms. The van der Waals surface area contributed by atoms with Crippen molar-refractivity contribution < 1.29 is 4.52 Å². The van der Waals surface area contributed by atoms with Crippen LogP contribution in [0.1, 0.15) is 43.9 Å². The fourth-order valence-electron chi connectivity index (χ4n) is 2.68. The molecule has 0 amide bonds. The van der Waals surface area contributed by atoms with E-state index in [1.54, 1.807) is 6.20 Å². The highest BCUT2D eigenvalue weighted by molar-refractivity contribution is 9.10. The number of rotatable bonds is 2. The summed E-state index contributed by atoms with van der Waals surface area (Å²) in [4.78, 5) is 8.79. The molecule has 6 heteroatoms. The maximum atomic E-state index is 6.24. The third-order valence-electron chi connectivity index (χ3n) is 3.80. The van der Waals surface area contributed by atoms with Crippen LogP contribution < -0.4 is 5.73 Å². The third-order valence-corrected chi connectivity index (χ3v) is 4.44. The Morgan fingerprint density at radius 3 is 2.95 bits per heavy atom. The van der Waals surface area contributed by atoms with Crippen molar-refractivity contribution in [3.63, 3.8) is 0 Å². The van der Waals surface area contributed by atoms with Crippen LogP contribution in [-0.2, 0) is 0 Å². The second-order valence-corrected chi connectivity index (χ2v) is 6.05. The molecule has 0 radical (unpaired) electrons. The van der Waals surface area contributed by atoms with Crippen LogP contribution in [0.25, 0.3) is 11.5 Å². The Morgan fingerprint density at radius 2 is 2.10 bits per heavy atom. The quantitative estimate of drug-likeness (QED) is 0.851. The SMILES string of the molecule is NC1CCCCCC1c1nc(-c2ncccc2Br)no1. The Hall–Kier alpha value is -1.27. The van der Waals surface area contributed by atoms with E-state index in [1.807, 2.05) is 12.1 Å². The smallest absolute Gasteiger partial charge is 0.231 e. The van der Waals surface area contributed by atoms with Crippen molar-refractivity contribution in [2.75, 3.05) is 0 Å². The van der Waals surface area contributed by atoms with E-state index in [-0.39, 0.29) is 12.0 Å². The lowest BCUT2D eigenvalue weighted by Gasteiger charge is -2.16. The molecular formula is C14H17BrN4O. The van der Waals surface area contributed by atoms with Gasteiger partial charge in [0, 0.05) is 16.7 Å². The molecule has 0 bridgehead atoms. The molecule has 2 atom stereocenters. The highest BCUT2D eigenvalue weighted by atomic mass is 79.9. The first-order valence-electron chi connectivity index (χ1n) is 6.96. The predicted molar refractivity (Wildman–Crippen MR) is 79.0 cm³/mol. The lowest BCUT2D eigenvalue weighted by atomic mass is 9.95. The van der Waals surface area contributed by atoms with E-state index in [2.05, 4.69) is 31.1 Å². The molecular weight excluding hydrogens is 320 g/mol. The van der Waals surface area contributed by atoms with Crippen LogP contribution >= 0.6 is 15.9 Å². The van der Waals surface area contributed by atoms with Gasteiger partial charge in [0.25, 0.3) is 0 Å². The van der Waals surface area contributed by atoms with Gasteiger partial charge < -0.3 is 10.3 Å². The molecule has 2 unspecified atom stereocenters. The summed E-state index contributed by atoms with van der Waals surface area (Å²) in [5, 5.41) is 4.05. The minimum absolute atomic E-state index is 0.109. The zero-order valence-corrected chi connectivity index (χ0v) is 12.7. The predicted octanol–water partition coefficient (Wildman–Crippen LogP) is 3.27. The molecule has 1 saturated carbocycles. The first-order valence-corrected chi connectivity index (χ1v) is 7.75. The van der Waals surface area contributed by atoms with Crippen molar-refractivity contribution in [2.45, 2.75) is 44.1 Å². The molecule has 2 aromatic rings. The van der Waals surface area contributed by atoms with Crippen LogP contribution in [0.2, 0.25) is 0 Å². The van der Waals surface area contributed by atoms with Crippen LogP contribution in [0.15, 0.2) is 27.3 Å². The molecule has 1 aliphatic carbocycles. The molecule has 106 valence electrons. The van der Waals surface area contributed by atoms with E-state index in [9.17, 15) is 0 Å². The third kappa shape index (κ3) is 2.76. The summed E-state index contributed by atoms with van der Waals surface area (Å²) in [5.74, 6) is 1.33. The summed E-state index contributed by atoms with van der Waals surface area (Å²) in [7, 11) is 0. The van der Waals surface area contributed by atoms with Crippen molar-refractivity contribution in [3.8, 4) is 11.5 Å². The van der Waals surface area contributed by atoms with Crippen molar-refractivity contribution >= 4 is 15.9 Å². The van der Waals surface area contributed by atoms with Gasteiger partial charge in [-0.25, -0.2) is 0 Å². The van der Waals surface area contributed by atoms with E-state index in [0.29, 0.717) is 17.4 Å². The number of hydrogen-bond donors (Lipinski definition) is 1. The minimum Gasteiger partial charge on any atom is -0.339 e. The Labute approximate surface area is 126 Å². The first kappa shape index (κ1) is 13.7. The molecule has 0 aromatic carbocycles. The largest absolute Gasteiger partial charge is 0.339 e. The Morgan fingerprint density at radius 1 is 1.25 bits per heavy atom. The van der Waals surface area contributed by atoms with Gasteiger partial charge in [-0.1, -0.05) is 24.4 Å². The minimum atomic E-state index is 0.109. The molecule has 0 spiro atoms. The van der Waals surface area contributed by atoms with E-state index in [0.717, 1.165) is 17.3 Å². The van der Waals surface area contributed by atoms with Crippen LogP contribution in [0, 0.1) is 0 Å². The number of aromatic nitrogens is 3. The molecule has 3 rings (SSSR count). The first-order chi connectivity index (χ1) is 9.75. The summed E-state index contributed by atoms with van der Waals surface area (Å²) < 4.78 is 6.30. The monoisotopic (exact) mass is 336 g/mol. The molecule has 2 aromatic heterocycles. The number of pyridine rings is 1. The van der Waals surface area contributed by atoms with E-state index in [4.69, 9.17) is 10.3 Å². The zero-order chi connectivity index (χ0) is 13.9. The highest BCUT2D eigenvalue weighted by Gasteiger charge is 2.27. The summed E-state index contributed by atoms with van der Waals surface area (Å²) in [6.45, 7) is 0. The van der Waals surface area contributed by atoms with Gasteiger partial charge in [0.1, 0.15) is 5.69 Å². The second kappa shape index (κ2) is 6.01. The van der Waals surface area contributed by atoms with Gasteiger partial charge in [-0.05, 0) is 40.9 Å². The van der Waals surface area contributed by atoms with Crippen molar-refractivity contribution in [1.29, 1.82) is 0 Å². The molecule has 0 saturated heterocycles. The molecule has 2 N–H and O–H groups in total. The van der Waals surface area contributed by atoms with Gasteiger partial charge >= 0.3 is 0 Å². The number of nitrogens with zero attached hydrogens (tertiary/aromatic N) is 3. The fraction of sp³-hybridized carbons (Fsp3) is 0.500. The highest BCUT2D eigenvalue weighted by Crippen LogP contribution is 2.31. The van der Waals surface area contributed by atoms with Crippen molar-refractivity contribution in [2.24, 2.45) is 5.73 Å². The summed E-state index contributed by atoms with van der Waals surface area (Å²) in [6, 6.07) is 3.88. The topological polar surface area (TPSA) is 77.8 Å². The van der Waals surface area contributed by atoms with Crippen LogP contribution in [0.3, 0.4) is 0 Å². The average molecular weight is 337 g/mol. The normalized spacial score (nSPS) is 23.5. The van der Waals surface area contributed by atoms with E-state index in [1.165, 1.54) is 19.3 Å². The standard InChI is InChI=1S/C14H17BrN4O/c15-10-6-4-8-17-12(10)13-18-14(20-19-13)9-5-2-1-3-7-11(9)16/h4,6,8-9,11H,1-3,5,7,16H2.